The molecular formula is C17H17NO3S. The lowest BCUT2D eigenvalue weighted by Crippen LogP contribution is -2.01. The number of carbonyl (C=O) groups is 1. The molecule has 0 aliphatic carbocycles. The van der Waals surface area contributed by atoms with E-state index in [-0.39, 0.29) is 6.61 Å². The first kappa shape index (κ1) is 16.0. The maximum absolute atomic E-state index is 11.9. The molecule has 1 atom stereocenters. The van der Waals surface area contributed by atoms with Crippen molar-refractivity contribution in [2.45, 2.75) is 11.5 Å². The van der Waals surface area contributed by atoms with Crippen LogP contribution in [0.4, 0.5) is 4.79 Å². The van der Waals surface area contributed by atoms with Gasteiger partial charge in [-0.2, -0.15) is 0 Å². The Kier molecular flexibility index (Phi) is 5.91. The Bertz CT molecular complexity index is 683. The van der Waals surface area contributed by atoms with Gasteiger partial charge in [-0.05, 0) is 39.9 Å². The lowest BCUT2D eigenvalue weighted by atomic mass is 10.2. The summed E-state index contributed by atoms with van der Waals surface area (Å²) in [5, 5.41) is 1.62. The van der Waals surface area contributed by atoms with Gasteiger partial charge in [-0.25, -0.2) is 4.79 Å². The minimum Gasteiger partial charge on any atom is -0.497 e. The molecular weight excluding hydrogens is 298 g/mol. The van der Waals surface area contributed by atoms with E-state index in [0.29, 0.717) is 5.75 Å². The van der Waals surface area contributed by atoms with Crippen LogP contribution in [0.15, 0.2) is 75.8 Å². The molecule has 0 fully saturated rings. The number of hydrogen-bond acceptors (Lipinski definition) is 3. The van der Waals surface area contributed by atoms with Gasteiger partial charge in [0.05, 0.1) is 7.11 Å². The Morgan fingerprint density at radius 1 is 1.23 bits per heavy atom. The molecule has 0 aromatic heterocycles. The first-order chi connectivity index (χ1) is 10.7. The molecule has 2 aromatic rings. The van der Waals surface area contributed by atoms with Gasteiger partial charge in [0.25, 0.3) is 0 Å². The lowest BCUT2D eigenvalue weighted by Gasteiger charge is -2.06. The summed E-state index contributed by atoms with van der Waals surface area (Å²) in [6.07, 6.45) is -0.602. The second kappa shape index (κ2) is 8.14. The summed E-state index contributed by atoms with van der Waals surface area (Å²) in [7, 11) is 0.833. The van der Waals surface area contributed by atoms with Crippen LogP contribution in [0.5, 0.6) is 5.75 Å². The third kappa shape index (κ3) is 4.56. The average molecular weight is 315 g/mol. The minimum atomic E-state index is -0.760. The van der Waals surface area contributed by atoms with Crippen LogP contribution in [0, 0.1) is 0 Å². The summed E-state index contributed by atoms with van der Waals surface area (Å²) in [6.45, 7) is 3.94. The molecule has 0 heterocycles. The SMILES string of the molecule is C=C/S(=N\C(=O)OCc1ccccc1)c1cccc(OC)c1. The first-order valence-electron chi connectivity index (χ1n) is 6.65. The van der Waals surface area contributed by atoms with Crippen LogP contribution in [0.25, 0.3) is 0 Å². The quantitative estimate of drug-likeness (QED) is 0.825. The molecule has 0 aliphatic heterocycles. The van der Waals surface area contributed by atoms with Crippen LogP contribution >= 0.6 is 0 Å². The molecule has 2 rings (SSSR count). The zero-order valence-electron chi connectivity index (χ0n) is 12.3. The van der Waals surface area contributed by atoms with Crippen molar-refractivity contribution in [1.29, 1.82) is 0 Å². The lowest BCUT2D eigenvalue weighted by molar-refractivity contribution is 0.151. The molecule has 114 valence electrons. The fourth-order valence-electron chi connectivity index (χ4n) is 1.74. The van der Waals surface area contributed by atoms with Crippen molar-refractivity contribution in [2.75, 3.05) is 7.11 Å². The molecule has 4 nitrogen and oxygen atoms in total. The highest BCUT2D eigenvalue weighted by atomic mass is 32.2. The van der Waals surface area contributed by atoms with Gasteiger partial charge >= 0.3 is 6.09 Å². The van der Waals surface area contributed by atoms with Crippen molar-refractivity contribution in [3.63, 3.8) is 0 Å². The van der Waals surface area contributed by atoms with E-state index in [0.717, 1.165) is 10.5 Å². The molecule has 22 heavy (non-hydrogen) atoms. The second-order valence-electron chi connectivity index (χ2n) is 4.29. The van der Waals surface area contributed by atoms with Gasteiger partial charge in [-0.3, -0.25) is 0 Å². The standard InChI is InChI=1S/C17H17NO3S/c1-3-22(16-11-7-10-15(12-16)20-2)18-17(19)21-13-14-8-5-4-6-9-14/h3-12H,1,13H2,2H3. The molecule has 0 saturated heterocycles. The van der Waals surface area contributed by atoms with Crippen molar-refractivity contribution in [1.82, 2.24) is 0 Å². The van der Waals surface area contributed by atoms with Gasteiger partial charge in [0, 0.05) is 4.90 Å². The largest absolute Gasteiger partial charge is 0.497 e. The Labute approximate surface area is 132 Å². The number of hydrogen-bond donors (Lipinski definition) is 0. The van der Waals surface area contributed by atoms with Crippen molar-refractivity contribution < 1.29 is 14.3 Å². The van der Waals surface area contributed by atoms with E-state index >= 15 is 0 Å². The summed E-state index contributed by atoms with van der Waals surface area (Å²) < 4.78 is 14.4. The van der Waals surface area contributed by atoms with E-state index in [2.05, 4.69) is 10.9 Å². The van der Waals surface area contributed by atoms with E-state index in [4.69, 9.17) is 9.47 Å². The average Bonchev–Trinajstić information content (AvgIpc) is 2.58. The summed E-state index contributed by atoms with van der Waals surface area (Å²) in [5.74, 6) is 0.713. The Balaban J connectivity index is 2.07. The molecule has 1 unspecified atom stereocenters. The second-order valence-corrected chi connectivity index (χ2v) is 5.91. The number of methoxy groups -OCH3 is 1. The number of rotatable bonds is 5. The normalized spacial score (nSPS) is 11.7. The highest BCUT2D eigenvalue weighted by molar-refractivity contribution is 7.90. The van der Waals surface area contributed by atoms with Crippen LogP contribution in [-0.2, 0) is 22.0 Å². The molecule has 0 radical (unpaired) electrons. The zero-order chi connectivity index (χ0) is 15.8. The van der Waals surface area contributed by atoms with Crippen molar-refractivity contribution in [3.8, 4) is 5.75 Å². The third-order valence-corrected chi connectivity index (χ3v) is 4.22. The van der Waals surface area contributed by atoms with Gasteiger partial charge in [-0.1, -0.05) is 43.0 Å². The minimum absolute atomic E-state index is 0.204. The number of amides is 1. The molecule has 0 saturated carbocycles. The number of nitrogens with zero attached hydrogens (tertiary/aromatic N) is 1. The Morgan fingerprint density at radius 2 is 2.00 bits per heavy atom. The van der Waals surface area contributed by atoms with Gasteiger partial charge in [0.15, 0.2) is 0 Å². The molecule has 0 bridgehead atoms. The molecule has 1 amide bonds. The fourth-order valence-corrected chi connectivity index (χ4v) is 2.78. The van der Waals surface area contributed by atoms with Crippen LogP contribution in [0.2, 0.25) is 0 Å². The van der Waals surface area contributed by atoms with Gasteiger partial charge in [-0.15, -0.1) is 4.36 Å². The van der Waals surface area contributed by atoms with Gasteiger partial charge in [0.2, 0.25) is 0 Å². The highest BCUT2D eigenvalue weighted by Gasteiger charge is 2.05. The first-order valence-corrected chi connectivity index (χ1v) is 7.89. The van der Waals surface area contributed by atoms with E-state index in [9.17, 15) is 4.79 Å². The zero-order valence-corrected chi connectivity index (χ0v) is 13.1. The summed E-state index contributed by atoms with van der Waals surface area (Å²) in [5.41, 5.74) is 0.922. The monoisotopic (exact) mass is 315 g/mol. The summed E-state index contributed by atoms with van der Waals surface area (Å²) >= 11 is 0. The van der Waals surface area contributed by atoms with Crippen LogP contribution in [0.3, 0.4) is 0 Å². The van der Waals surface area contributed by atoms with Crippen LogP contribution < -0.4 is 4.74 Å². The van der Waals surface area contributed by atoms with E-state index in [1.54, 1.807) is 12.5 Å². The third-order valence-electron chi connectivity index (χ3n) is 2.82. The summed E-state index contributed by atoms with van der Waals surface area (Å²) in [6, 6.07) is 16.9. The van der Waals surface area contributed by atoms with E-state index < -0.39 is 16.8 Å². The fraction of sp³-hybridized carbons (Fsp3) is 0.118. The van der Waals surface area contributed by atoms with E-state index in [1.807, 2.05) is 54.6 Å². The van der Waals surface area contributed by atoms with Gasteiger partial charge in [0.1, 0.15) is 12.4 Å². The van der Waals surface area contributed by atoms with E-state index in [1.165, 1.54) is 0 Å². The van der Waals surface area contributed by atoms with Crippen molar-refractivity contribution in [3.05, 3.63) is 72.1 Å². The van der Waals surface area contributed by atoms with Gasteiger partial charge < -0.3 is 9.47 Å². The Morgan fingerprint density at radius 3 is 2.68 bits per heavy atom. The maximum atomic E-state index is 11.9. The van der Waals surface area contributed by atoms with Crippen LogP contribution in [-0.4, -0.2) is 13.2 Å². The predicted molar refractivity (Wildman–Crippen MR) is 87.9 cm³/mol. The number of carbonyl (C=O) groups excluding carboxylic acids is 1. The Hall–Kier alpha value is -2.40. The van der Waals surface area contributed by atoms with Crippen molar-refractivity contribution >= 4 is 16.8 Å². The smallest absolute Gasteiger partial charge is 0.440 e. The molecule has 0 spiro atoms. The van der Waals surface area contributed by atoms with Crippen molar-refractivity contribution in [2.24, 2.45) is 4.36 Å². The molecule has 0 N–H and O–H groups in total. The number of benzene rings is 2. The summed E-state index contributed by atoms with van der Waals surface area (Å²) in [4.78, 5) is 12.7. The highest BCUT2D eigenvalue weighted by Crippen LogP contribution is 2.18. The van der Waals surface area contributed by atoms with Crippen LogP contribution in [0.1, 0.15) is 5.56 Å². The molecule has 5 heteroatoms. The predicted octanol–water partition coefficient (Wildman–Crippen LogP) is 4.34. The topological polar surface area (TPSA) is 47.9 Å². The molecule has 0 aliphatic rings. The number of ether oxygens (including phenoxy) is 2. The maximum Gasteiger partial charge on any atom is 0.440 e. The molecule has 2 aromatic carbocycles.